The van der Waals surface area contributed by atoms with E-state index in [0.29, 0.717) is 6.10 Å². The number of nitrogens with zero attached hydrogens (tertiary/aromatic N) is 2. The maximum absolute atomic E-state index is 6.45. The Morgan fingerprint density at radius 3 is 2.29 bits per heavy atom. The molecule has 1 aromatic carbocycles. The number of rotatable bonds is 5. The van der Waals surface area contributed by atoms with Crippen LogP contribution in [0.2, 0.25) is 0 Å². The van der Waals surface area contributed by atoms with Crippen molar-refractivity contribution >= 4 is 0 Å². The molecule has 2 aliphatic heterocycles. The third-order valence-corrected chi connectivity index (χ3v) is 6.22. The van der Waals surface area contributed by atoms with E-state index in [1.807, 2.05) is 0 Å². The molecule has 1 aromatic rings. The van der Waals surface area contributed by atoms with Crippen molar-refractivity contribution in [1.82, 2.24) is 9.80 Å². The van der Waals surface area contributed by atoms with E-state index in [1.165, 1.54) is 63.8 Å². The van der Waals surface area contributed by atoms with Crippen LogP contribution in [0.3, 0.4) is 0 Å². The lowest BCUT2D eigenvalue weighted by Gasteiger charge is -2.41. The number of benzene rings is 1. The van der Waals surface area contributed by atoms with Crippen LogP contribution in [0.1, 0.15) is 56.6 Å². The van der Waals surface area contributed by atoms with Crippen molar-refractivity contribution in [2.45, 2.75) is 63.1 Å². The maximum Gasteiger partial charge on any atom is 0.124 e. The van der Waals surface area contributed by atoms with Crippen molar-refractivity contribution in [3.8, 4) is 5.75 Å². The van der Waals surface area contributed by atoms with Crippen molar-refractivity contribution < 1.29 is 4.74 Å². The van der Waals surface area contributed by atoms with Crippen molar-refractivity contribution in [3.63, 3.8) is 0 Å². The van der Waals surface area contributed by atoms with Crippen LogP contribution in [-0.4, -0.2) is 48.1 Å². The molecule has 3 nitrogen and oxygen atoms in total. The highest BCUT2D eigenvalue weighted by Crippen LogP contribution is 2.33. The fraction of sp³-hybridized carbons (Fsp3) is 0.667. The first-order valence-corrected chi connectivity index (χ1v) is 9.88. The van der Waals surface area contributed by atoms with E-state index in [2.05, 4.69) is 41.0 Å². The third-order valence-electron chi connectivity index (χ3n) is 6.22. The molecule has 3 heteroatoms. The number of para-hydroxylation sites is 1. The Morgan fingerprint density at radius 2 is 1.62 bits per heavy atom. The molecule has 1 aliphatic carbocycles. The summed E-state index contributed by atoms with van der Waals surface area (Å²) in [6, 6.07) is 9.65. The van der Waals surface area contributed by atoms with E-state index in [4.69, 9.17) is 4.74 Å². The molecule has 2 heterocycles. The minimum Gasteiger partial charge on any atom is -0.490 e. The number of hydrogen-bond donors (Lipinski definition) is 0. The lowest BCUT2D eigenvalue weighted by molar-refractivity contribution is 0.0485. The Bertz CT molecular complexity index is 528. The van der Waals surface area contributed by atoms with E-state index in [0.717, 1.165) is 24.6 Å². The summed E-state index contributed by atoms with van der Waals surface area (Å²) in [5.41, 5.74) is 1.26. The summed E-state index contributed by atoms with van der Waals surface area (Å²) in [7, 11) is 0. The van der Waals surface area contributed by atoms with Gasteiger partial charge in [-0.3, -0.25) is 4.90 Å². The molecule has 3 fully saturated rings. The van der Waals surface area contributed by atoms with Gasteiger partial charge in [-0.1, -0.05) is 24.6 Å². The second kappa shape index (κ2) is 7.45. The van der Waals surface area contributed by atoms with Crippen molar-refractivity contribution in [2.75, 3.05) is 26.2 Å². The summed E-state index contributed by atoms with van der Waals surface area (Å²) in [6.45, 7) is 9.19. The average molecular weight is 327 g/mol. The van der Waals surface area contributed by atoms with Gasteiger partial charge in [0.05, 0.1) is 0 Å². The highest BCUT2D eigenvalue weighted by molar-refractivity contribution is 5.37. The normalized spacial score (nSPS) is 25.5. The highest BCUT2D eigenvalue weighted by atomic mass is 16.5. The molecule has 4 rings (SSSR count). The van der Waals surface area contributed by atoms with E-state index in [9.17, 15) is 0 Å². The molecule has 1 saturated carbocycles. The molecule has 0 spiro atoms. The summed E-state index contributed by atoms with van der Waals surface area (Å²) >= 11 is 0. The van der Waals surface area contributed by atoms with Gasteiger partial charge >= 0.3 is 0 Å². The third kappa shape index (κ3) is 3.48. The summed E-state index contributed by atoms with van der Waals surface area (Å²) in [5, 5.41) is 0. The summed E-state index contributed by atoms with van der Waals surface area (Å²) in [6.07, 6.45) is 9.54. The van der Waals surface area contributed by atoms with E-state index >= 15 is 0 Å². The molecule has 0 amide bonds. The minimum absolute atomic E-state index is 0.221. The Morgan fingerprint density at radius 1 is 0.917 bits per heavy atom. The molecule has 1 atom stereocenters. The first-order valence-electron chi connectivity index (χ1n) is 9.88. The standard InChI is InChI=1S/C21H31N2O/c1-17(22-13-4-5-14-22)20-9-2-3-10-21(20)24-19-11-15-23(16-12-19)18-7-6-8-18/h2-3,9-10,17-19H,1,4-8,11-16H2. The van der Waals surface area contributed by atoms with E-state index in [1.54, 1.807) is 0 Å². The Hall–Kier alpha value is -1.06. The molecular weight excluding hydrogens is 296 g/mol. The quantitative estimate of drug-likeness (QED) is 0.811. The number of hydrogen-bond acceptors (Lipinski definition) is 3. The zero-order valence-corrected chi connectivity index (χ0v) is 14.8. The van der Waals surface area contributed by atoms with Gasteiger partial charge in [0.15, 0.2) is 0 Å². The fourth-order valence-corrected chi connectivity index (χ4v) is 4.40. The van der Waals surface area contributed by atoms with Gasteiger partial charge in [-0.05, 0) is 64.6 Å². The SMILES string of the molecule is [CH2]C(c1ccccc1OC1CCN(C2CCC2)CC1)N1CCCC1. The first-order chi connectivity index (χ1) is 11.8. The van der Waals surface area contributed by atoms with Crippen LogP contribution < -0.4 is 4.74 Å². The van der Waals surface area contributed by atoms with Crippen molar-refractivity contribution in [1.29, 1.82) is 0 Å². The maximum atomic E-state index is 6.45. The topological polar surface area (TPSA) is 15.7 Å². The van der Waals surface area contributed by atoms with Gasteiger partial charge in [-0.2, -0.15) is 0 Å². The predicted octanol–water partition coefficient (Wildman–Crippen LogP) is 4.05. The Kier molecular flexibility index (Phi) is 5.09. The molecule has 3 aliphatic rings. The van der Waals surface area contributed by atoms with E-state index in [-0.39, 0.29) is 6.04 Å². The summed E-state index contributed by atoms with van der Waals surface area (Å²) in [5.74, 6) is 1.06. The minimum atomic E-state index is 0.221. The molecule has 1 radical (unpaired) electrons. The lowest BCUT2D eigenvalue weighted by atomic mass is 9.89. The van der Waals surface area contributed by atoms with Crippen LogP contribution >= 0.6 is 0 Å². The van der Waals surface area contributed by atoms with Gasteiger partial charge in [-0.25, -0.2) is 0 Å². The molecular formula is C21H31N2O. The monoisotopic (exact) mass is 327 g/mol. The van der Waals surface area contributed by atoms with Crippen molar-refractivity contribution in [3.05, 3.63) is 36.8 Å². The zero-order chi connectivity index (χ0) is 16.4. The van der Waals surface area contributed by atoms with Crippen LogP contribution in [0, 0.1) is 6.92 Å². The van der Waals surface area contributed by atoms with Crippen LogP contribution in [0.5, 0.6) is 5.75 Å². The predicted molar refractivity (Wildman–Crippen MR) is 98.2 cm³/mol. The van der Waals surface area contributed by atoms with Gasteiger partial charge in [0, 0.05) is 30.7 Å². The molecule has 2 saturated heterocycles. The Labute approximate surface area is 147 Å². The van der Waals surface area contributed by atoms with E-state index < -0.39 is 0 Å². The average Bonchev–Trinajstić information content (AvgIpc) is 3.09. The van der Waals surface area contributed by atoms with Crippen LogP contribution in [-0.2, 0) is 0 Å². The van der Waals surface area contributed by atoms with Gasteiger partial charge in [0.1, 0.15) is 11.9 Å². The second-order valence-electron chi connectivity index (χ2n) is 7.73. The first kappa shape index (κ1) is 16.4. The Balaban J connectivity index is 1.38. The number of piperidine rings is 1. The fourth-order valence-electron chi connectivity index (χ4n) is 4.40. The number of ether oxygens (including phenoxy) is 1. The number of likely N-dealkylation sites (tertiary alicyclic amines) is 2. The van der Waals surface area contributed by atoms with Crippen LogP contribution in [0.4, 0.5) is 0 Å². The molecule has 24 heavy (non-hydrogen) atoms. The zero-order valence-electron chi connectivity index (χ0n) is 14.8. The van der Waals surface area contributed by atoms with Gasteiger partial charge in [0.2, 0.25) is 0 Å². The highest BCUT2D eigenvalue weighted by Gasteiger charge is 2.30. The molecule has 0 N–H and O–H groups in total. The smallest absolute Gasteiger partial charge is 0.124 e. The van der Waals surface area contributed by atoms with Crippen molar-refractivity contribution in [2.24, 2.45) is 0 Å². The largest absolute Gasteiger partial charge is 0.490 e. The molecule has 1 unspecified atom stereocenters. The summed E-state index contributed by atoms with van der Waals surface area (Å²) < 4.78 is 6.45. The van der Waals surface area contributed by atoms with Crippen LogP contribution in [0.25, 0.3) is 0 Å². The molecule has 131 valence electrons. The van der Waals surface area contributed by atoms with Gasteiger partial charge in [0.25, 0.3) is 0 Å². The van der Waals surface area contributed by atoms with Crippen LogP contribution in [0.15, 0.2) is 24.3 Å². The molecule has 0 aromatic heterocycles. The molecule has 0 bridgehead atoms. The van der Waals surface area contributed by atoms with Gasteiger partial charge < -0.3 is 9.64 Å². The lowest BCUT2D eigenvalue weighted by Crippen LogP contribution is -2.46. The summed E-state index contributed by atoms with van der Waals surface area (Å²) in [4.78, 5) is 5.17. The van der Waals surface area contributed by atoms with Gasteiger partial charge in [-0.15, -0.1) is 0 Å². The second-order valence-corrected chi connectivity index (χ2v) is 7.73.